The van der Waals surface area contributed by atoms with Crippen molar-refractivity contribution in [2.45, 2.75) is 83.8 Å². The van der Waals surface area contributed by atoms with Crippen LogP contribution in [0, 0.1) is 13.8 Å². The highest BCUT2D eigenvalue weighted by Crippen LogP contribution is 2.37. The average molecular weight is 458 g/mol. The van der Waals surface area contributed by atoms with Crippen LogP contribution in [0.1, 0.15) is 73.5 Å². The van der Waals surface area contributed by atoms with E-state index in [1.165, 1.54) is 19.3 Å². The number of carbonyl (C=O) groups excluding carboxylic acids is 2. The molecule has 1 atom stereocenters. The van der Waals surface area contributed by atoms with Crippen LogP contribution in [0.5, 0.6) is 0 Å². The van der Waals surface area contributed by atoms with Crippen LogP contribution < -0.4 is 10.2 Å². The third-order valence-corrected chi connectivity index (χ3v) is 7.72. The van der Waals surface area contributed by atoms with Gasteiger partial charge in [-0.25, -0.2) is 0 Å². The summed E-state index contributed by atoms with van der Waals surface area (Å²) in [6.07, 6.45) is 8.07. The number of amides is 2. The number of aromatic nitrogens is 1. The Labute approximate surface area is 202 Å². The molecule has 1 saturated carbocycles. The number of hydrogen-bond donors (Lipinski definition) is 1. The third-order valence-electron chi connectivity index (χ3n) is 7.72. The fraction of sp³-hybridized carbons (Fsp3) is 0.448. The predicted octanol–water partition coefficient (Wildman–Crippen LogP) is 5.91. The van der Waals surface area contributed by atoms with Crippen molar-refractivity contribution in [1.82, 2.24) is 9.88 Å². The van der Waals surface area contributed by atoms with Crippen molar-refractivity contribution < 1.29 is 9.59 Å². The molecular weight excluding hydrogens is 422 g/mol. The molecule has 2 aliphatic rings. The zero-order valence-electron chi connectivity index (χ0n) is 20.6. The first kappa shape index (κ1) is 22.7. The summed E-state index contributed by atoms with van der Waals surface area (Å²) in [7, 11) is 0. The lowest BCUT2D eigenvalue weighted by Crippen LogP contribution is -2.65. The molecule has 1 unspecified atom stereocenters. The Morgan fingerprint density at radius 1 is 0.971 bits per heavy atom. The minimum atomic E-state index is -1.03. The minimum absolute atomic E-state index is 0.0603. The van der Waals surface area contributed by atoms with Gasteiger partial charge in [0.25, 0.3) is 5.91 Å². The van der Waals surface area contributed by atoms with Gasteiger partial charge in [0, 0.05) is 22.6 Å². The summed E-state index contributed by atoms with van der Waals surface area (Å²) >= 11 is 0. The summed E-state index contributed by atoms with van der Waals surface area (Å²) in [6, 6.07) is 16.3. The van der Waals surface area contributed by atoms with E-state index in [0.717, 1.165) is 53.4 Å². The standard InChI is InChI=1S/C29H35N3O2/c1-20-15-16-24(21(2)17-20)32-27(33)26-18-22-11-9-10-14-25(22)31(26)19-29(32,3)28(34)30-23-12-7-5-4-6-8-13-23/h9-11,14-18,23H,4-8,12-13,19H2,1-3H3,(H,30,34). The van der Waals surface area contributed by atoms with Crippen LogP contribution in [-0.2, 0) is 11.3 Å². The van der Waals surface area contributed by atoms with E-state index in [1.807, 2.05) is 67.8 Å². The van der Waals surface area contributed by atoms with E-state index in [-0.39, 0.29) is 17.9 Å². The van der Waals surface area contributed by atoms with Gasteiger partial charge >= 0.3 is 0 Å². The number of benzene rings is 2. The van der Waals surface area contributed by atoms with E-state index >= 15 is 0 Å². The largest absolute Gasteiger partial charge is 0.351 e. The number of nitrogens with one attached hydrogen (secondary N) is 1. The van der Waals surface area contributed by atoms with E-state index in [1.54, 1.807) is 4.90 Å². The maximum Gasteiger partial charge on any atom is 0.275 e. The first-order valence-corrected chi connectivity index (χ1v) is 12.7. The second-order valence-corrected chi connectivity index (χ2v) is 10.4. The summed E-state index contributed by atoms with van der Waals surface area (Å²) in [5, 5.41) is 4.40. The van der Waals surface area contributed by atoms with Crippen molar-refractivity contribution >= 4 is 28.4 Å². The van der Waals surface area contributed by atoms with Crippen LogP contribution in [0.3, 0.4) is 0 Å². The first-order chi connectivity index (χ1) is 16.4. The molecule has 1 fully saturated rings. The van der Waals surface area contributed by atoms with Crippen molar-refractivity contribution in [3.63, 3.8) is 0 Å². The molecular formula is C29H35N3O2. The highest BCUT2D eigenvalue weighted by atomic mass is 16.2. The molecule has 5 nitrogen and oxygen atoms in total. The molecule has 5 heteroatoms. The van der Waals surface area contributed by atoms with Crippen molar-refractivity contribution in [2.24, 2.45) is 0 Å². The van der Waals surface area contributed by atoms with Gasteiger partial charge in [0.15, 0.2) is 0 Å². The average Bonchev–Trinajstić information content (AvgIpc) is 3.15. The van der Waals surface area contributed by atoms with Crippen LogP contribution in [-0.4, -0.2) is 28.0 Å². The summed E-state index contributed by atoms with van der Waals surface area (Å²) in [5.74, 6) is -0.181. The molecule has 0 bridgehead atoms. The third kappa shape index (κ3) is 3.91. The van der Waals surface area contributed by atoms with Crippen LogP contribution in [0.25, 0.3) is 10.9 Å². The Kier molecular flexibility index (Phi) is 5.97. The van der Waals surface area contributed by atoms with Gasteiger partial charge in [-0.2, -0.15) is 0 Å². The Hall–Kier alpha value is -3.08. The summed E-state index contributed by atoms with van der Waals surface area (Å²) in [5.41, 5.74) is 3.55. The Balaban J connectivity index is 1.59. The lowest BCUT2D eigenvalue weighted by molar-refractivity contribution is -0.127. The smallest absolute Gasteiger partial charge is 0.275 e. The second kappa shape index (κ2) is 8.94. The number of hydrogen-bond acceptors (Lipinski definition) is 2. The maximum atomic E-state index is 14.1. The van der Waals surface area contributed by atoms with Crippen LogP contribution >= 0.6 is 0 Å². The number of nitrogens with zero attached hydrogens (tertiary/aromatic N) is 2. The van der Waals surface area contributed by atoms with E-state index in [4.69, 9.17) is 0 Å². The fourth-order valence-corrected chi connectivity index (χ4v) is 5.82. The van der Waals surface area contributed by atoms with E-state index in [2.05, 4.69) is 11.4 Å². The van der Waals surface area contributed by atoms with Crippen molar-refractivity contribution in [1.29, 1.82) is 0 Å². The quantitative estimate of drug-likeness (QED) is 0.532. The summed E-state index contributed by atoms with van der Waals surface area (Å²) in [6.45, 7) is 6.42. The van der Waals surface area contributed by atoms with Gasteiger partial charge in [-0.05, 0) is 57.4 Å². The van der Waals surface area contributed by atoms with Gasteiger partial charge in [0.05, 0.1) is 6.54 Å². The van der Waals surface area contributed by atoms with Gasteiger partial charge < -0.3 is 9.88 Å². The molecule has 2 amide bonds. The molecule has 1 aliphatic heterocycles. The van der Waals surface area contributed by atoms with Crippen LogP contribution in [0.15, 0.2) is 48.5 Å². The Morgan fingerprint density at radius 2 is 1.68 bits per heavy atom. The summed E-state index contributed by atoms with van der Waals surface area (Å²) < 4.78 is 2.04. The molecule has 0 radical (unpaired) electrons. The normalized spacial score (nSPS) is 21.7. The Bertz CT molecular complexity index is 1240. The monoisotopic (exact) mass is 457 g/mol. The number of fused-ring (bicyclic) bond motifs is 3. The molecule has 1 aliphatic carbocycles. The number of carbonyl (C=O) groups is 2. The lowest BCUT2D eigenvalue weighted by atomic mass is 9.91. The SMILES string of the molecule is Cc1ccc(N2C(=O)c3cc4ccccc4n3CC2(C)C(=O)NC2CCCCCCC2)c(C)c1. The zero-order valence-corrected chi connectivity index (χ0v) is 20.6. The van der Waals surface area contributed by atoms with E-state index < -0.39 is 5.54 Å². The molecule has 5 rings (SSSR count). The number of anilines is 1. The minimum Gasteiger partial charge on any atom is -0.351 e. The molecule has 1 N–H and O–H groups in total. The number of para-hydroxylation sites is 1. The van der Waals surface area contributed by atoms with E-state index in [9.17, 15) is 9.59 Å². The van der Waals surface area contributed by atoms with Gasteiger partial charge in [0.2, 0.25) is 5.91 Å². The molecule has 3 aromatic rings. The first-order valence-electron chi connectivity index (χ1n) is 12.7. The van der Waals surface area contributed by atoms with Crippen molar-refractivity contribution in [3.8, 4) is 0 Å². The van der Waals surface area contributed by atoms with Gasteiger partial charge in [-0.15, -0.1) is 0 Å². The fourth-order valence-electron chi connectivity index (χ4n) is 5.82. The molecule has 178 valence electrons. The topological polar surface area (TPSA) is 54.3 Å². The molecule has 0 saturated heterocycles. The van der Waals surface area contributed by atoms with E-state index in [0.29, 0.717) is 12.2 Å². The number of aryl methyl sites for hydroxylation is 2. The molecule has 0 spiro atoms. The molecule has 2 heterocycles. The van der Waals surface area contributed by atoms with Gasteiger partial charge in [0.1, 0.15) is 11.2 Å². The predicted molar refractivity (Wildman–Crippen MR) is 137 cm³/mol. The second-order valence-electron chi connectivity index (χ2n) is 10.4. The maximum absolute atomic E-state index is 14.1. The zero-order chi connectivity index (χ0) is 23.9. The van der Waals surface area contributed by atoms with Crippen LogP contribution in [0.2, 0.25) is 0 Å². The number of rotatable bonds is 3. The van der Waals surface area contributed by atoms with Crippen molar-refractivity contribution in [3.05, 3.63) is 65.4 Å². The highest BCUT2D eigenvalue weighted by molar-refractivity contribution is 6.14. The Morgan fingerprint density at radius 3 is 2.41 bits per heavy atom. The highest BCUT2D eigenvalue weighted by Gasteiger charge is 2.49. The van der Waals surface area contributed by atoms with Gasteiger partial charge in [-0.3, -0.25) is 14.5 Å². The molecule has 1 aromatic heterocycles. The van der Waals surface area contributed by atoms with Crippen molar-refractivity contribution in [2.75, 3.05) is 4.90 Å². The summed E-state index contributed by atoms with van der Waals surface area (Å²) in [4.78, 5) is 29.9. The molecule has 2 aromatic carbocycles. The lowest BCUT2D eigenvalue weighted by Gasteiger charge is -2.45. The molecule has 34 heavy (non-hydrogen) atoms. The van der Waals surface area contributed by atoms with Crippen LogP contribution in [0.4, 0.5) is 5.69 Å². The van der Waals surface area contributed by atoms with Gasteiger partial charge in [-0.1, -0.05) is 68.0 Å².